The smallest absolute Gasteiger partial charge is 0.260 e. The van der Waals surface area contributed by atoms with E-state index in [9.17, 15) is 4.79 Å². The minimum atomic E-state index is -0.0987. The fraction of sp³-hybridized carbons (Fsp3) is 0.389. The quantitative estimate of drug-likeness (QED) is 0.751. The van der Waals surface area contributed by atoms with Crippen LogP contribution in [0.3, 0.4) is 0 Å². The highest BCUT2D eigenvalue weighted by Crippen LogP contribution is 2.18. The molecule has 1 aromatic carbocycles. The van der Waals surface area contributed by atoms with Crippen molar-refractivity contribution in [3.8, 4) is 5.75 Å². The van der Waals surface area contributed by atoms with Crippen LogP contribution in [0.15, 0.2) is 41.0 Å². The third-order valence-corrected chi connectivity index (χ3v) is 3.53. The summed E-state index contributed by atoms with van der Waals surface area (Å²) in [6.45, 7) is 5.36. The maximum Gasteiger partial charge on any atom is 0.260 e. The second kappa shape index (κ2) is 8.39. The Morgan fingerprint density at radius 1 is 1.26 bits per heavy atom. The molecule has 23 heavy (non-hydrogen) atoms. The first-order valence-electron chi connectivity index (χ1n) is 7.59. The van der Waals surface area contributed by atoms with E-state index in [1.165, 1.54) is 5.56 Å². The molecule has 0 saturated carbocycles. The van der Waals surface area contributed by atoms with Gasteiger partial charge < -0.3 is 18.8 Å². The lowest BCUT2D eigenvalue weighted by Gasteiger charge is -2.21. The summed E-state index contributed by atoms with van der Waals surface area (Å²) in [5.74, 6) is 1.37. The first kappa shape index (κ1) is 17.1. The largest absolute Gasteiger partial charge is 0.484 e. The molecule has 0 spiro atoms. The Bertz CT molecular complexity index is 622. The molecule has 0 aliphatic rings. The topological polar surface area (TPSA) is 51.9 Å². The fourth-order valence-corrected chi connectivity index (χ4v) is 2.28. The van der Waals surface area contributed by atoms with Gasteiger partial charge in [-0.3, -0.25) is 4.79 Å². The molecule has 1 heterocycles. The number of carbonyl (C=O) groups is 1. The molecule has 0 bridgehead atoms. The predicted molar refractivity (Wildman–Crippen MR) is 87.4 cm³/mol. The maximum absolute atomic E-state index is 12.4. The molecule has 5 heteroatoms. The van der Waals surface area contributed by atoms with Gasteiger partial charge in [-0.15, -0.1) is 0 Å². The average molecular weight is 317 g/mol. The summed E-state index contributed by atoms with van der Waals surface area (Å²) in [7, 11) is 1.61. The van der Waals surface area contributed by atoms with E-state index in [0.717, 1.165) is 17.1 Å². The summed E-state index contributed by atoms with van der Waals surface area (Å²) < 4.78 is 16.1. The summed E-state index contributed by atoms with van der Waals surface area (Å²) in [5.41, 5.74) is 2.19. The van der Waals surface area contributed by atoms with Gasteiger partial charge in [0.15, 0.2) is 6.61 Å². The molecule has 0 aliphatic carbocycles. The second-order valence-electron chi connectivity index (χ2n) is 5.45. The van der Waals surface area contributed by atoms with Crippen molar-refractivity contribution in [1.82, 2.24) is 4.90 Å². The van der Waals surface area contributed by atoms with Crippen LogP contribution in [0.5, 0.6) is 5.75 Å². The Morgan fingerprint density at radius 3 is 2.74 bits per heavy atom. The van der Waals surface area contributed by atoms with Crippen LogP contribution in [-0.4, -0.2) is 37.7 Å². The minimum Gasteiger partial charge on any atom is -0.484 e. The molecule has 0 N–H and O–H groups in total. The number of hydrogen-bond donors (Lipinski definition) is 0. The third kappa shape index (κ3) is 5.14. The lowest BCUT2D eigenvalue weighted by molar-refractivity contribution is -0.134. The predicted octanol–water partition coefficient (Wildman–Crippen LogP) is 2.95. The minimum absolute atomic E-state index is 0.00563. The van der Waals surface area contributed by atoms with Crippen LogP contribution in [0.2, 0.25) is 0 Å². The molecule has 1 amide bonds. The van der Waals surface area contributed by atoms with E-state index in [-0.39, 0.29) is 12.5 Å². The van der Waals surface area contributed by atoms with Gasteiger partial charge >= 0.3 is 0 Å². The van der Waals surface area contributed by atoms with Crippen LogP contribution in [0, 0.1) is 13.8 Å². The van der Waals surface area contributed by atoms with Gasteiger partial charge in [0.2, 0.25) is 0 Å². The zero-order valence-electron chi connectivity index (χ0n) is 13.9. The van der Waals surface area contributed by atoms with E-state index in [1.54, 1.807) is 24.3 Å². The van der Waals surface area contributed by atoms with Crippen LogP contribution >= 0.6 is 0 Å². The Morgan fingerprint density at radius 2 is 2.09 bits per heavy atom. The lowest BCUT2D eigenvalue weighted by Crippen LogP contribution is -2.36. The molecule has 1 aromatic heterocycles. The van der Waals surface area contributed by atoms with E-state index >= 15 is 0 Å². The van der Waals surface area contributed by atoms with Crippen molar-refractivity contribution in [2.24, 2.45) is 0 Å². The van der Waals surface area contributed by atoms with Crippen molar-refractivity contribution in [3.05, 3.63) is 53.5 Å². The molecule has 5 nitrogen and oxygen atoms in total. The van der Waals surface area contributed by atoms with Crippen molar-refractivity contribution in [3.63, 3.8) is 0 Å². The molecular formula is C18H23NO4. The number of methoxy groups -OCH3 is 1. The molecule has 0 aliphatic heterocycles. The highest BCUT2D eigenvalue weighted by Gasteiger charge is 2.16. The molecule has 124 valence electrons. The van der Waals surface area contributed by atoms with Crippen molar-refractivity contribution in [1.29, 1.82) is 0 Å². The second-order valence-corrected chi connectivity index (χ2v) is 5.45. The molecule has 0 atom stereocenters. The van der Waals surface area contributed by atoms with Crippen molar-refractivity contribution >= 4 is 5.91 Å². The molecule has 0 fully saturated rings. The van der Waals surface area contributed by atoms with E-state index in [1.807, 2.05) is 38.1 Å². The number of ether oxygens (including phenoxy) is 2. The first-order valence-corrected chi connectivity index (χ1v) is 7.59. The number of carbonyl (C=O) groups excluding carboxylic acids is 1. The maximum atomic E-state index is 12.4. The Hall–Kier alpha value is -2.27. The number of rotatable bonds is 8. The van der Waals surface area contributed by atoms with Gasteiger partial charge in [-0.2, -0.15) is 0 Å². The SMILES string of the molecule is COCCN(Cc1ccco1)C(=O)COc1ccc(C)cc1C. The van der Waals surface area contributed by atoms with Gasteiger partial charge in [-0.1, -0.05) is 17.7 Å². The van der Waals surface area contributed by atoms with Crippen LogP contribution in [0.1, 0.15) is 16.9 Å². The van der Waals surface area contributed by atoms with E-state index in [0.29, 0.717) is 19.7 Å². The van der Waals surface area contributed by atoms with Crippen LogP contribution in [0.4, 0.5) is 0 Å². The average Bonchev–Trinajstić information content (AvgIpc) is 3.03. The zero-order chi connectivity index (χ0) is 16.7. The van der Waals surface area contributed by atoms with Gasteiger partial charge in [-0.25, -0.2) is 0 Å². The van der Waals surface area contributed by atoms with Crippen molar-refractivity contribution in [2.45, 2.75) is 20.4 Å². The zero-order valence-corrected chi connectivity index (χ0v) is 13.9. The number of furan rings is 1. The number of benzene rings is 1. The van der Waals surface area contributed by atoms with Crippen LogP contribution < -0.4 is 4.74 Å². The fourth-order valence-electron chi connectivity index (χ4n) is 2.28. The number of hydrogen-bond acceptors (Lipinski definition) is 4. The van der Waals surface area contributed by atoms with E-state index in [2.05, 4.69) is 0 Å². The Balaban J connectivity index is 1.96. The highest BCUT2D eigenvalue weighted by atomic mass is 16.5. The van der Waals surface area contributed by atoms with Crippen molar-refractivity contribution in [2.75, 3.05) is 26.9 Å². The molecule has 2 aromatic rings. The molecular weight excluding hydrogens is 294 g/mol. The normalized spacial score (nSPS) is 10.6. The van der Waals surface area contributed by atoms with Crippen LogP contribution in [-0.2, 0) is 16.1 Å². The summed E-state index contributed by atoms with van der Waals surface area (Å²) in [6.07, 6.45) is 1.60. The Labute approximate surface area is 136 Å². The summed E-state index contributed by atoms with van der Waals surface area (Å²) in [5, 5.41) is 0. The summed E-state index contributed by atoms with van der Waals surface area (Å²) in [6, 6.07) is 9.55. The summed E-state index contributed by atoms with van der Waals surface area (Å²) in [4.78, 5) is 14.1. The third-order valence-electron chi connectivity index (χ3n) is 3.53. The van der Waals surface area contributed by atoms with E-state index < -0.39 is 0 Å². The van der Waals surface area contributed by atoms with Gasteiger partial charge in [0.1, 0.15) is 11.5 Å². The van der Waals surface area contributed by atoms with Crippen molar-refractivity contribution < 1.29 is 18.7 Å². The van der Waals surface area contributed by atoms with Gasteiger partial charge in [0, 0.05) is 13.7 Å². The standard InChI is InChI=1S/C18H23NO4/c1-14-6-7-17(15(2)11-14)23-13-18(20)19(8-10-21-3)12-16-5-4-9-22-16/h4-7,9,11H,8,10,12-13H2,1-3H3. The first-order chi connectivity index (χ1) is 11.1. The van der Waals surface area contributed by atoms with Gasteiger partial charge in [0.05, 0.1) is 19.4 Å². The molecule has 0 radical (unpaired) electrons. The highest BCUT2D eigenvalue weighted by molar-refractivity contribution is 5.77. The monoisotopic (exact) mass is 317 g/mol. The molecule has 0 saturated heterocycles. The van der Waals surface area contributed by atoms with Gasteiger partial charge in [-0.05, 0) is 37.6 Å². The van der Waals surface area contributed by atoms with Crippen LogP contribution in [0.25, 0.3) is 0 Å². The number of aryl methyl sites for hydroxylation is 2. The number of nitrogens with zero attached hydrogens (tertiary/aromatic N) is 1. The number of amides is 1. The van der Waals surface area contributed by atoms with E-state index in [4.69, 9.17) is 13.9 Å². The molecule has 2 rings (SSSR count). The summed E-state index contributed by atoms with van der Waals surface area (Å²) >= 11 is 0. The van der Waals surface area contributed by atoms with Gasteiger partial charge in [0.25, 0.3) is 5.91 Å². The Kier molecular flexibility index (Phi) is 6.23. The lowest BCUT2D eigenvalue weighted by atomic mass is 10.1. The molecule has 0 unspecified atom stereocenters.